The Hall–Kier alpha value is -3.20. The van der Waals surface area contributed by atoms with Gasteiger partial charge in [0.2, 0.25) is 5.91 Å². The molecule has 3 nitrogen and oxygen atoms in total. The minimum Gasteiger partial charge on any atom is -0.352 e. The Labute approximate surface area is 159 Å². The molecule has 0 atom stereocenters. The molecule has 0 spiro atoms. The summed E-state index contributed by atoms with van der Waals surface area (Å²) in [5.41, 5.74) is 7.93. The van der Waals surface area contributed by atoms with Crippen LogP contribution in [0.2, 0.25) is 0 Å². The summed E-state index contributed by atoms with van der Waals surface area (Å²) in [5, 5.41) is 5.18. The number of pyridine rings is 1. The topological polar surface area (TPSA) is 42.0 Å². The fraction of sp³-hybridized carbons (Fsp3) is 0.167. The molecule has 0 aliphatic rings. The molecular weight excluding hydrogens is 332 g/mol. The molecule has 1 heterocycles. The lowest BCUT2D eigenvalue weighted by atomic mass is 9.94. The number of amides is 1. The average molecular weight is 354 g/mol. The molecule has 0 bridgehead atoms. The van der Waals surface area contributed by atoms with Crippen molar-refractivity contribution in [1.82, 2.24) is 10.3 Å². The Morgan fingerprint density at radius 2 is 1.41 bits per heavy atom. The molecular formula is C24H22N2O. The number of rotatable bonds is 3. The Morgan fingerprint density at radius 1 is 0.852 bits per heavy atom. The summed E-state index contributed by atoms with van der Waals surface area (Å²) in [7, 11) is 0. The van der Waals surface area contributed by atoms with Crippen LogP contribution in [0, 0.1) is 13.8 Å². The van der Waals surface area contributed by atoms with Crippen molar-refractivity contribution in [2.24, 2.45) is 0 Å². The van der Waals surface area contributed by atoms with Crippen LogP contribution in [0.1, 0.15) is 23.6 Å². The fourth-order valence-electron chi connectivity index (χ4n) is 3.50. The first-order valence-electron chi connectivity index (χ1n) is 9.16. The molecule has 4 rings (SSSR count). The Kier molecular flexibility index (Phi) is 4.36. The summed E-state index contributed by atoms with van der Waals surface area (Å²) in [6, 6.07) is 21.3. The van der Waals surface area contributed by atoms with Gasteiger partial charge >= 0.3 is 0 Å². The van der Waals surface area contributed by atoms with Gasteiger partial charge in [-0.05, 0) is 49.2 Å². The minimum absolute atomic E-state index is 0.0175. The molecule has 0 aliphatic heterocycles. The number of hydrogen-bond donors (Lipinski definition) is 1. The standard InChI is InChI=1S/C24H22N2O/c1-15-4-10-22-20(12-15)24(21-13-16(2)5-11-23(21)26-22)19-8-6-18(7-9-19)14-25-17(3)27/h4-13H,14H2,1-3H3,(H,25,27). The molecule has 0 unspecified atom stereocenters. The number of benzene rings is 3. The molecule has 0 saturated heterocycles. The third-order valence-corrected chi connectivity index (χ3v) is 4.87. The van der Waals surface area contributed by atoms with Gasteiger partial charge in [0.25, 0.3) is 0 Å². The molecule has 3 heteroatoms. The molecule has 0 saturated carbocycles. The smallest absolute Gasteiger partial charge is 0.217 e. The zero-order chi connectivity index (χ0) is 19.0. The number of carbonyl (C=O) groups excluding carboxylic acids is 1. The first-order chi connectivity index (χ1) is 13.0. The fourth-order valence-corrected chi connectivity index (χ4v) is 3.50. The molecule has 134 valence electrons. The van der Waals surface area contributed by atoms with Crippen LogP contribution in [-0.2, 0) is 11.3 Å². The third kappa shape index (κ3) is 3.41. The van der Waals surface area contributed by atoms with Crippen molar-refractivity contribution >= 4 is 27.7 Å². The van der Waals surface area contributed by atoms with Crippen LogP contribution in [0.4, 0.5) is 0 Å². The van der Waals surface area contributed by atoms with Crippen molar-refractivity contribution in [2.45, 2.75) is 27.3 Å². The predicted octanol–water partition coefficient (Wildman–Crippen LogP) is 5.31. The first-order valence-corrected chi connectivity index (χ1v) is 9.16. The van der Waals surface area contributed by atoms with E-state index in [2.05, 4.69) is 79.8 Å². The summed E-state index contributed by atoms with van der Waals surface area (Å²) in [6.07, 6.45) is 0. The van der Waals surface area contributed by atoms with Gasteiger partial charge < -0.3 is 5.32 Å². The Balaban J connectivity index is 1.93. The number of nitrogens with zero attached hydrogens (tertiary/aromatic N) is 1. The lowest BCUT2D eigenvalue weighted by Crippen LogP contribution is -2.18. The van der Waals surface area contributed by atoms with Crippen molar-refractivity contribution in [3.8, 4) is 11.1 Å². The van der Waals surface area contributed by atoms with Crippen molar-refractivity contribution < 1.29 is 4.79 Å². The van der Waals surface area contributed by atoms with Gasteiger partial charge in [-0.25, -0.2) is 4.98 Å². The van der Waals surface area contributed by atoms with Gasteiger partial charge in [-0.1, -0.05) is 47.5 Å². The summed E-state index contributed by atoms with van der Waals surface area (Å²) in [5.74, 6) is -0.0175. The minimum atomic E-state index is -0.0175. The SMILES string of the molecule is CC(=O)NCc1ccc(-c2c3cc(C)ccc3nc3ccc(C)cc23)cc1. The van der Waals surface area contributed by atoms with Gasteiger partial charge in [0.1, 0.15) is 0 Å². The summed E-state index contributed by atoms with van der Waals surface area (Å²) in [6.45, 7) is 6.31. The molecule has 0 radical (unpaired) electrons. The van der Waals surface area contributed by atoms with Crippen LogP contribution in [0.3, 0.4) is 0 Å². The van der Waals surface area contributed by atoms with Crippen molar-refractivity contribution in [2.75, 3.05) is 0 Å². The van der Waals surface area contributed by atoms with Crippen LogP contribution < -0.4 is 5.32 Å². The van der Waals surface area contributed by atoms with E-state index in [1.807, 2.05) is 0 Å². The van der Waals surface area contributed by atoms with Gasteiger partial charge in [-0.3, -0.25) is 4.79 Å². The van der Waals surface area contributed by atoms with E-state index in [-0.39, 0.29) is 5.91 Å². The number of aromatic nitrogens is 1. The molecule has 4 aromatic rings. The number of carbonyl (C=O) groups is 1. The molecule has 27 heavy (non-hydrogen) atoms. The highest BCUT2D eigenvalue weighted by Crippen LogP contribution is 2.35. The summed E-state index contributed by atoms with van der Waals surface area (Å²) >= 11 is 0. The molecule has 1 aromatic heterocycles. The van der Waals surface area contributed by atoms with Crippen molar-refractivity contribution in [3.63, 3.8) is 0 Å². The maximum absolute atomic E-state index is 11.1. The quantitative estimate of drug-likeness (QED) is 0.507. The van der Waals surface area contributed by atoms with E-state index in [9.17, 15) is 4.79 Å². The van der Waals surface area contributed by atoms with Crippen LogP contribution in [0.5, 0.6) is 0 Å². The summed E-state index contributed by atoms with van der Waals surface area (Å²) in [4.78, 5) is 16.0. The van der Waals surface area contributed by atoms with E-state index < -0.39 is 0 Å². The second-order valence-corrected chi connectivity index (χ2v) is 7.13. The number of nitrogens with one attached hydrogen (secondary N) is 1. The van der Waals surface area contributed by atoms with Crippen LogP contribution in [0.15, 0.2) is 60.7 Å². The normalized spacial score (nSPS) is 11.1. The zero-order valence-corrected chi connectivity index (χ0v) is 15.8. The molecule has 3 aromatic carbocycles. The van der Waals surface area contributed by atoms with E-state index in [4.69, 9.17) is 4.98 Å². The van der Waals surface area contributed by atoms with Crippen molar-refractivity contribution in [3.05, 3.63) is 77.4 Å². The number of fused-ring (bicyclic) bond motifs is 2. The van der Waals surface area contributed by atoms with E-state index in [0.717, 1.165) is 22.2 Å². The van der Waals surface area contributed by atoms with Gasteiger partial charge in [-0.15, -0.1) is 0 Å². The maximum Gasteiger partial charge on any atom is 0.217 e. The number of hydrogen-bond acceptors (Lipinski definition) is 2. The highest BCUT2D eigenvalue weighted by molar-refractivity contribution is 6.09. The molecule has 0 aliphatic carbocycles. The molecule has 0 fully saturated rings. The highest BCUT2D eigenvalue weighted by atomic mass is 16.1. The second-order valence-electron chi connectivity index (χ2n) is 7.13. The summed E-state index contributed by atoms with van der Waals surface area (Å²) < 4.78 is 0. The first kappa shape index (κ1) is 17.2. The van der Waals surface area contributed by atoms with E-state index in [0.29, 0.717) is 6.54 Å². The Morgan fingerprint density at radius 3 is 1.93 bits per heavy atom. The van der Waals surface area contributed by atoms with Crippen LogP contribution >= 0.6 is 0 Å². The second kappa shape index (κ2) is 6.84. The lowest BCUT2D eigenvalue weighted by Gasteiger charge is -2.13. The van der Waals surface area contributed by atoms with Gasteiger partial charge in [-0.2, -0.15) is 0 Å². The van der Waals surface area contributed by atoms with E-state index >= 15 is 0 Å². The van der Waals surface area contributed by atoms with Gasteiger partial charge in [0, 0.05) is 29.8 Å². The third-order valence-electron chi connectivity index (χ3n) is 4.87. The van der Waals surface area contributed by atoms with Crippen LogP contribution in [0.25, 0.3) is 32.9 Å². The highest BCUT2D eigenvalue weighted by Gasteiger charge is 2.12. The van der Waals surface area contributed by atoms with E-state index in [1.54, 1.807) is 0 Å². The average Bonchev–Trinajstić information content (AvgIpc) is 2.65. The molecule has 1 N–H and O–H groups in total. The maximum atomic E-state index is 11.1. The van der Waals surface area contributed by atoms with Gasteiger partial charge in [0.05, 0.1) is 11.0 Å². The predicted molar refractivity (Wildman–Crippen MR) is 112 cm³/mol. The zero-order valence-electron chi connectivity index (χ0n) is 15.8. The van der Waals surface area contributed by atoms with Crippen molar-refractivity contribution in [1.29, 1.82) is 0 Å². The Bertz CT molecular complexity index is 1100. The molecule has 1 amide bonds. The number of aryl methyl sites for hydroxylation is 2. The largest absolute Gasteiger partial charge is 0.352 e. The van der Waals surface area contributed by atoms with Gasteiger partial charge in [0.15, 0.2) is 0 Å². The monoisotopic (exact) mass is 354 g/mol. The van der Waals surface area contributed by atoms with Crippen LogP contribution in [-0.4, -0.2) is 10.9 Å². The lowest BCUT2D eigenvalue weighted by molar-refractivity contribution is -0.119. The van der Waals surface area contributed by atoms with E-state index in [1.165, 1.54) is 34.4 Å².